The van der Waals surface area contributed by atoms with Crippen LogP contribution in [0, 0.1) is 44.4 Å². The van der Waals surface area contributed by atoms with Crippen molar-refractivity contribution in [3.63, 3.8) is 0 Å². The maximum Gasteiger partial charge on any atom is 0.309 e. The Kier molecular flexibility index (Phi) is 6.42. The minimum absolute atomic E-state index is 0.187. The van der Waals surface area contributed by atoms with Gasteiger partial charge in [0.25, 0.3) is 0 Å². The van der Waals surface area contributed by atoms with E-state index in [2.05, 4.69) is 46.8 Å². The van der Waals surface area contributed by atoms with Gasteiger partial charge in [0, 0.05) is 12.3 Å². The van der Waals surface area contributed by atoms with E-state index in [-0.39, 0.29) is 23.6 Å². The SMILES string of the molecule is CCOC(=O)C1CC(C)C(C)CC1C(=O)Cc1c(C)cc(C)cc1C. The van der Waals surface area contributed by atoms with Crippen molar-refractivity contribution in [2.45, 2.75) is 60.8 Å². The van der Waals surface area contributed by atoms with Crippen molar-refractivity contribution in [1.29, 1.82) is 0 Å². The Hall–Kier alpha value is -1.64. The molecule has 1 fully saturated rings. The highest BCUT2D eigenvalue weighted by molar-refractivity contribution is 5.89. The Bertz CT molecular complexity index is 624. The summed E-state index contributed by atoms with van der Waals surface area (Å²) in [7, 11) is 0. The molecule has 0 spiro atoms. The highest BCUT2D eigenvalue weighted by Gasteiger charge is 2.41. The Labute approximate surface area is 152 Å². The molecular weight excluding hydrogens is 312 g/mol. The van der Waals surface area contributed by atoms with Crippen LogP contribution >= 0.6 is 0 Å². The highest BCUT2D eigenvalue weighted by Crippen LogP contribution is 2.39. The largest absolute Gasteiger partial charge is 0.466 e. The van der Waals surface area contributed by atoms with E-state index in [9.17, 15) is 9.59 Å². The number of carbonyl (C=O) groups excluding carboxylic acids is 2. The van der Waals surface area contributed by atoms with Gasteiger partial charge in [0.2, 0.25) is 0 Å². The second-order valence-electron chi connectivity index (χ2n) is 7.91. The monoisotopic (exact) mass is 344 g/mol. The molecule has 0 radical (unpaired) electrons. The fourth-order valence-corrected chi connectivity index (χ4v) is 4.25. The summed E-state index contributed by atoms with van der Waals surface area (Å²) in [5.74, 6) is 0.389. The normalized spacial score (nSPS) is 26.3. The van der Waals surface area contributed by atoms with E-state index < -0.39 is 0 Å². The molecule has 0 aliphatic heterocycles. The summed E-state index contributed by atoms with van der Waals surface area (Å²) in [6, 6.07) is 4.26. The lowest BCUT2D eigenvalue weighted by Crippen LogP contribution is -2.40. The maximum atomic E-state index is 13.1. The van der Waals surface area contributed by atoms with Crippen molar-refractivity contribution in [1.82, 2.24) is 0 Å². The smallest absolute Gasteiger partial charge is 0.309 e. The maximum absolute atomic E-state index is 13.1. The van der Waals surface area contributed by atoms with Crippen LogP contribution in [0.5, 0.6) is 0 Å². The first-order valence-electron chi connectivity index (χ1n) is 9.50. The standard InChI is InChI=1S/C22H32O3/c1-7-25-22(24)20-11-15(4)14(3)10-19(20)21(23)12-18-16(5)8-13(2)9-17(18)6/h8-9,14-15,19-20H,7,10-12H2,1-6H3. The summed E-state index contributed by atoms with van der Waals surface area (Å²) in [5.41, 5.74) is 4.66. The lowest BCUT2D eigenvalue weighted by molar-refractivity contribution is -0.155. The van der Waals surface area contributed by atoms with Crippen molar-refractivity contribution in [3.05, 3.63) is 34.4 Å². The number of ketones is 1. The zero-order valence-electron chi connectivity index (χ0n) is 16.5. The van der Waals surface area contributed by atoms with Gasteiger partial charge in [-0.2, -0.15) is 0 Å². The molecule has 0 saturated heterocycles. The Morgan fingerprint density at radius 1 is 1.00 bits per heavy atom. The van der Waals surface area contributed by atoms with E-state index in [4.69, 9.17) is 4.74 Å². The van der Waals surface area contributed by atoms with Crippen molar-refractivity contribution < 1.29 is 14.3 Å². The molecule has 2 rings (SSSR count). The van der Waals surface area contributed by atoms with Crippen molar-refractivity contribution >= 4 is 11.8 Å². The number of benzene rings is 1. The predicted octanol–water partition coefficient (Wildman–Crippen LogP) is 4.58. The summed E-state index contributed by atoms with van der Waals surface area (Å²) in [4.78, 5) is 25.5. The van der Waals surface area contributed by atoms with E-state index in [1.54, 1.807) is 0 Å². The van der Waals surface area contributed by atoms with Gasteiger partial charge in [0.1, 0.15) is 5.78 Å². The summed E-state index contributed by atoms with van der Waals surface area (Å²) >= 11 is 0. The predicted molar refractivity (Wildman–Crippen MR) is 101 cm³/mol. The number of ether oxygens (including phenoxy) is 1. The third-order valence-electron chi connectivity index (χ3n) is 5.90. The molecule has 0 N–H and O–H groups in total. The first kappa shape index (κ1) is 19.7. The molecule has 25 heavy (non-hydrogen) atoms. The summed E-state index contributed by atoms with van der Waals surface area (Å²) in [6.07, 6.45) is 1.95. The van der Waals surface area contributed by atoms with E-state index in [1.165, 1.54) is 5.56 Å². The molecule has 4 unspecified atom stereocenters. The quantitative estimate of drug-likeness (QED) is 0.734. The van der Waals surface area contributed by atoms with Crippen LogP contribution in [0.3, 0.4) is 0 Å². The fourth-order valence-electron chi connectivity index (χ4n) is 4.25. The van der Waals surface area contributed by atoms with Crippen LogP contribution in [0.25, 0.3) is 0 Å². The third-order valence-corrected chi connectivity index (χ3v) is 5.90. The number of Topliss-reactive ketones (excluding diaryl/α,β-unsaturated/α-hetero) is 1. The van der Waals surface area contributed by atoms with Crippen LogP contribution < -0.4 is 0 Å². The van der Waals surface area contributed by atoms with Gasteiger partial charge in [-0.3, -0.25) is 9.59 Å². The number of hydrogen-bond acceptors (Lipinski definition) is 3. The average molecular weight is 344 g/mol. The van der Waals surface area contributed by atoms with Gasteiger partial charge in [-0.1, -0.05) is 31.5 Å². The summed E-state index contributed by atoms with van der Waals surface area (Å²) < 4.78 is 5.27. The van der Waals surface area contributed by atoms with Gasteiger partial charge in [-0.25, -0.2) is 0 Å². The number of rotatable bonds is 5. The van der Waals surface area contributed by atoms with Gasteiger partial charge < -0.3 is 4.74 Å². The molecule has 1 aliphatic carbocycles. The van der Waals surface area contributed by atoms with Crippen LogP contribution in [-0.4, -0.2) is 18.4 Å². The van der Waals surface area contributed by atoms with Gasteiger partial charge in [0.15, 0.2) is 0 Å². The van der Waals surface area contributed by atoms with Crippen molar-refractivity contribution in [3.8, 4) is 0 Å². The summed E-state index contributed by atoms with van der Waals surface area (Å²) in [5, 5.41) is 0. The zero-order valence-corrected chi connectivity index (χ0v) is 16.5. The van der Waals surface area contributed by atoms with Crippen LogP contribution in [0.2, 0.25) is 0 Å². The van der Waals surface area contributed by atoms with Crippen LogP contribution in [-0.2, 0) is 20.7 Å². The minimum Gasteiger partial charge on any atom is -0.466 e. The van der Waals surface area contributed by atoms with Gasteiger partial charge in [0.05, 0.1) is 12.5 Å². The number of hydrogen-bond donors (Lipinski definition) is 0. The molecule has 0 amide bonds. The second-order valence-corrected chi connectivity index (χ2v) is 7.91. The van der Waals surface area contributed by atoms with Crippen LogP contribution in [0.4, 0.5) is 0 Å². The molecule has 1 aromatic carbocycles. The average Bonchev–Trinajstić information content (AvgIpc) is 2.53. The lowest BCUT2D eigenvalue weighted by atomic mass is 9.67. The second kappa shape index (κ2) is 8.16. The molecule has 1 aromatic rings. The summed E-state index contributed by atoms with van der Waals surface area (Å²) in [6.45, 7) is 12.8. The molecule has 1 aliphatic rings. The topological polar surface area (TPSA) is 43.4 Å². The molecule has 4 atom stereocenters. The van der Waals surface area contributed by atoms with Crippen molar-refractivity contribution in [2.75, 3.05) is 6.61 Å². The van der Waals surface area contributed by atoms with Gasteiger partial charge >= 0.3 is 5.97 Å². The van der Waals surface area contributed by atoms with E-state index in [0.717, 1.165) is 29.5 Å². The third kappa shape index (κ3) is 4.50. The van der Waals surface area contributed by atoms with Crippen LogP contribution in [0.1, 0.15) is 55.9 Å². The highest BCUT2D eigenvalue weighted by atomic mass is 16.5. The zero-order chi connectivity index (χ0) is 18.7. The molecule has 0 aromatic heterocycles. The first-order valence-corrected chi connectivity index (χ1v) is 9.50. The Morgan fingerprint density at radius 3 is 2.04 bits per heavy atom. The molecule has 0 heterocycles. The Balaban J connectivity index is 2.24. The molecule has 138 valence electrons. The first-order chi connectivity index (χ1) is 11.7. The molecule has 0 bridgehead atoms. The number of aryl methyl sites for hydroxylation is 3. The number of carbonyl (C=O) groups is 2. The number of esters is 1. The molecular formula is C22H32O3. The van der Waals surface area contributed by atoms with E-state index in [0.29, 0.717) is 24.9 Å². The molecule has 3 nitrogen and oxygen atoms in total. The minimum atomic E-state index is -0.287. The van der Waals surface area contributed by atoms with Crippen molar-refractivity contribution in [2.24, 2.45) is 23.7 Å². The van der Waals surface area contributed by atoms with Gasteiger partial charge in [-0.05, 0) is 69.1 Å². The lowest BCUT2D eigenvalue weighted by Gasteiger charge is -2.37. The Morgan fingerprint density at radius 2 is 1.52 bits per heavy atom. The fraction of sp³-hybridized carbons (Fsp3) is 0.636. The molecule has 3 heteroatoms. The van der Waals surface area contributed by atoms with E-state index in [1.807, 2.05) is 6.92 Å². The molecule has 1 saturated carbocycles. The van der Waals surface area contributed by atoms with E-state index >= 15 is 0 Å². The van der Waals surface area contributed by atoms with Gasteiger partial charge in [-0.15, -0.1) is 0 Å². The van der Waals surface area contributed by atoms with Crippen LogP contribution in [0.15, 0.2) is 12.1 Å².